The van der Waals surface area contributed by atoms with E-state index in [1.807, 2.05) is 6.92 Å². The quantitative estimate of drug-likeness (QED) is 0.696. The van der Waals surface area contributed by atoms with Crippen LogP contribution in [-0.4, -0.2) is 17.4 Å². The van der Waals surface area contributed by atoms with E-state index >= 15 is 0 Å². The molecular formula is C15H13ClN2O2S. The topological polar surface area (TPSA) is 52.0 Å². The second kappa shape index (κ2) is 5.16. The molecule has 0 radical (unpaired) electrons. The van der Waals surface area contributed by atoms with Gasteiger partial charge in [0.25, 0.3) is 10.0 Å². The molecule has 2 aromatic heterocycles. The molecule has 0 saturated heterocycles. The number of benzene rings is 1. The molecule has 3 rings (SSSR count). The minimum absolute atomic E-state index is 0.240. The van der Waals surface area contributed by atoms with E-state index in [0.717, 1.165) is 16.5 Å². The number of pyridine rings is 1. The van der Waals surface area contributed by atoms with E-state index in [0.29, 0.717) is 11.5 Å². The first kappa shape index (κ1) is 14.1. The fourth-order valence-electron chi connectivity index (χ4n) is 2.21. The number of alkyl halides is 1. The van der Waals surface area contributed by atoms with Gasteiger partial charge in [0.05, 0.1) is 4.90 Å². The zero-order chi connectivity index (χ0) is 15.0. The lowest BCUT2D eigenvalue weighted by molar-refractivity contribution is 0.588. The minimum Gasteiger partial charge on any atom is -0.237 e. The van der Waals surface area contributed by atoms with Crippen molar-refractivity contribution in [2.75, 3.05) is 0 Å². The van der Waals surface area contributed by atoms with Gasteiger partial charge in [-0.3, -0.25) is 0 Å². The van der Waals surface area contributed by atoms with Gasteiger partial charge < -0.3 is 0 Å². The second-order valence-electron chi connectivity index (χ2n) is 4.77. The Labute approximate surface area is 128 Å². The van der Waals surface area contributed by atoms with Gasteiger partial charge in [0.15, 0.2) is 5.65 Å². The number of aromatic nitrogens is 2. The third-order valence-corrected chi connectivity index (χ3v) is 5.33. The van der Waals surface area contributed by atoms with Crippen LogP contribution in [0.4, 0.5) is 0 Å². The molecule has 0 aliphatic carbocycles. The molecule has 21 heavy (non-hydrogen) atoms. The minimum atomic E-state index is -3.65. The molecule has 0 amide bonds. The van der Waals surface area contributed by atoms with Gasteiger partial charge in [0.1, 0.15) is 0 Å². The van der Waals surface area contributed by atoms with Gasteiger partial charge in [-0.25, -0.2) is 17.4 Å². The molecular weight excluding hydrogens is 308 g/mol. The van der Waals surface area contributed by atoms with E-state index in [1.54, 1.807) is 42.6 Å². The molecule has 0 saturated carbocycles. The maximum absolute atomic E-state index is 12.7. The van der Waals surface area contributed by atoms with Crippen LogP contribution >= 0.6 is 11.6 Å². The molecule has 0 aliphatic rings. The van der Waals surface area contributed by atoms with Crippen LogP contribution < -0.4 is 0 Å². The first-order chi connectivity index (χ1) is 10.0. The number of hydrogen-bond acceptors (Lipinski definition) is 3. The van der Waals surface area contributed by atoms with Crippen LogP contribution in [0.15, 0.2) is 53.7 Å². The molecule has 0 aliphatic heterocycles. The monoisotopic (exact) mass is 320 g/mol. The highest BCUT2D eigenvalue weighted by atomic mass is 35.5. The summed E-state index contributed by atoms with van der Waals surface area (Å²) in [4.78, 5) is 4.42. The summed E-state index contributed by atoms with van der Waals surface area (Å²) in [6, 6.07) is 10.3. The molecule has 2 heterocycles. The average molecular weight is 321 g/mol. The molecule has 6 heteroatoms. The Morgan fingerprint density at radius 1 is 1.14 bits per heavy atom. The third kappa shape index (κ3) is 2.32. The van der Waals surface area contributed by atoms with Crippen molar-refractivity contribution in [1.29, 1.82) is 0 Å². The van der Waals surface area contributed by atoms with Crippen molar-refractivity contribution in [3.63, 3.8) is 0 Å². The summed E-state index contributed by atoms with van der Waals surface area (Å²) in [5.74, 6) is 0.313. The highest BCUT2D eigenvalue weighted by molar-refractivity contribution is 7.90. The number of hydrogen-bond donors (Lipinski definition) is 0. The number of rotatable bonds is 3. The number of halogens is 1. The lowest BCUT2D eigenvalue weighted by Gasteiger charge is -2.07. The Morgan fingerprint density at radius 2 is 1.86 bits per heavy atom. The van der Waals surface area contributed by atoms with Crippen LogP contribution in [0.3, 0.4) is 0 Å². The highest BCUT2D eigenvalue weighted by Crippen LogP contribution is 2.24. The molecule has 4 nitrogen and oxygen atoms in total. The summed E-state index contributed by atoms with van der Waals surface area (Å²) >= 11 is 5.88. The molecule has 3 aromatic rings. The van der Waals surface area contributed by atoms with Gasteiger partial charge >= 0.3 is 0 Å². The van der Waals surface area contributed by atoms with Crippen LogP contribution in [0, 0.1) is 6.92 Å². The number of fused-ring (bicyclic) bond motifs is 1. The van der Waals surface area contributed by atoms with Crippen molar-refractivity contribution in [2.24, 2.45) is 0 Å². The van der Waals surface area contributed by atoms with Gasteiger partial charge in [-0.15, -0.1) is 11.6 Å². The SMILES string of the molecule is Cc1ccc(S(=O)(=O)n2ccc3c(CCl)ccnc32)cc1. The van der Waals surface area contributed by atoms with Crippen molar-refractivity contribution >= 4 is 32.7 Å². The first-order valence-electron chi connectivity index (χ1n) is 6.37. The lowest BCUT2D eigenvalue weighted by Crippen LogP contribution is -2.12. The smallest absolute Gasteiger partial charge is 0.237 e. The second-order valence-corrected chi connectivity index (χ2v) is 6.85. The van der Waals surface area contributed by atoms with E-state index in [4.69, 9.17) is 11.6 Å². The summed E-state index contributed by atoms with van der Waals surface area (Å²) < 4.78 is 26.6. The lowest BCUT2D eigenvalue weighted by atomic mass is 10.2. The maximum Gasteiger partial charge on any atom is 0.269 e. The molecule has 0 N–H and O–H groups in total. The van der Waals surface area contributed by atoms with Gasteiger partial charge in [-0.1, -0.05) is 17.7 Å². The highest BCUT2D eigenvalue weighted by Gasteiger charge is 2.20. The Morgan fingerprint density at radius 3 is 2.52 bits per heavy atom. The zero-order valence-electron chi connectivity index (χ0n) is 11.3. The largest absolute Gasteiger partial charge is 0.269 e. The van der Waals surface area contributed by atoms with Gasteiger partial charge in [0, 0.05) is 23.7 Å². The number of aryl methyl sites for hydroxylation is 1. The number of nitrogens with zero attached hydrogens (tertiary/aromatic N) is 2. The Kier molecular flexibility index (Phi) is 3.47. The molecule has 108 valence electrons. The third-order valence-electron chi connectivity index (χ3n) is 3.37. The molecule has 0 bridgehead atoms. The molecule has 0 fully saturated rings. The normalized spacial score (nSPS) is 11.9. The van der Waals surface area contributed by atoms with E-state index in [1.165, 1.54) is 10.2 Å². The Hall–Kier alpha value is -1.85. The summed E-state index contributed by atoms with van der Waals surface area (Å²) in [6.07, 6.45) is 3.09. The Bertz CT molecular complexity index is 899. The molecule has 0 unspecified atom stereocenters. The molecule has 0 spiro atoms. The van der Waals surface area contributed by atoms with Crippen LogP contribution in [0.25, 0.3) is 11.0 Å². The summed E-state index contributed by atoms with van der Waals surface area (Å²) in [5, 5.41) is 0.753. The zero-order valence-corrected chi connectivity index (χ0v) is 12.9. The first-order valence-corrected chi connectivity index (χ1v) is 8.34. The summed E-state index contributed by atoms with van der Waals surface area (Å²) in [7, 11) is -3.65. The van der Waals surface area contributed by atoms with Crippen molar-refractivity contribution in [1.82, 2.24) is 8.96 Å². The van der Waals surface area contributed by atoms with E-state index in [9.17, 15) is 8.42 Å². The van der Waals surface area contributed by atoms with Crippen molar-refractivity contribution < 1.29 is 8.42 Å². The predicted molar refractivity (Wildman–Crippen MR) is 83.1 cm³/mol. The maximum atomic E-state index is 12.7. The van der Waals surface area contributed by atoms with Crippen molar-refractivity contribution in [3.05, 3.63) is 59.9 Å². The van der Waals surface area contributed by atoms with Crippen LogP contribution in [0.5, 0.6) is 0 Å². The standard InChI is InChI=1S/C15H13ClN2O2S/c1-11-2-4-13(5-3-11)21(19,20)18-9-7-14-12(10-16)6-8-17-15(14)18/h2-9H,10H2,1H3. The van der Waals surface area contributed by atoms with E-state index in [-0.39, 0.29) is 4.90 Å². The van der Waals surface area contributed by atoms with E-state index < -0.39 is 10.0 Å². The fourth-order valence-corrected chi connectivity index (χ4v) is 3.74. The van der Waals surface area contributed by atoms with Crippen molar-refractivity contribution in [2.45, 2.75) is 17.7 Å². The Balaban J connectivity index is 2.22. The van der Waals surface area contributed by atoms with Crippen LogP contribution in [0.2, 0.25) is 0 Å². The predicted octanol–water partition coefficient (Wildman–Crippen LogP) is 3.32. The summed E-state index contributed by atoms with van der Waals surface area (Å²) in [6.45, 7) is 1.91. The van der Waals surface area contributed by atoms with Crippen molar-refractivity contribution in [3.8, 4) is 0 Å². The summed E-state index contributed by atoms with van der Waals surface area (Å²) in [5.41, 5.74) is 2.27. The average Bonchev–Trinajstić information content (AvgIpc) is 2.92. The molecule has 0 atom stereocenters. The fraction of sp³-hybridized carbons (Fsp3) is 0.133. The van der Waals surface area contributed by atoms with E-state index in [2.05, 4.69) is 4.98 Å². The van der Waals surface area contributed by atoms with Gasteiger partial charge in [-0.2, -0.15) is 0 Å². The molecule has 1 aromatic carbocycles. The van der Waals surface area contributed by atoms with Gasteiger partial charge in [0.2, 0.25) is 0 Å². The van der Waals surface area contributed by atoms with Gasteiger partial charge in [-0.05, 0) is 36.8 Å². The van der Waals surface area contributed by atoms with Crippen LogP contribution in [0.1, 0.15) is 11.1 Å². The van der Waals surface area contributed by atoms with Crippen LogP contribution in [-0.2, 0) is 15.9 Å².